The Morgan fingerprint density at radius 3 is 2.59 bits per heavy atom. The van der Waals surface area contributed by atoms with Crippen LogP contribution in [0, 0.1) is 0 Å². The SMILES string of the molecule is CC(C)c1nn(C)cc1-n1cncc1[C@H](C)N. The maximum absolute atomic E-state index is 5.94. The van der Waals surface area contributed by atoms with Crippen LogP contribution in [0.4, 0.5) is 0 Å². The lowest BCUT2D eigenvalue weighted by molar-refractivity contribution is 0.710. The van der Waals surface area contributed by atoms with Gasteiger partial charge in [-0.2, -0.15) is 5.10 Å². The third kappa shape index (κ3) is 2.10. The van der Waals surface area contributed by atoms with E-state index in [1.807, 2.05) is 35.6 Å². The third-order valence-electron chi connectivity index (χ3n) is 2.78. The molecule has 2 aromatic rings. The van der Waals surface area contributed by atoms with Crippen LogP contribution < -0.4 is 5.73 Å². The van der Waals surface area contributed by atoms with Gasteiger partial charge in [0, 0.05) is 19.3 Å². The molecule has 0 saturated carbocycles. The summed E-state index contributed by atoms with van der Waals surface area (Å²) in [6, 6.07) is -0.0438. The minimum Gasteiger partial charge on any atom is -0.323 e. The minimum absolute atomic E-state index is 0.0438. The lowest BCUT2D eigenvalue weighted by atomic mass is 10.1. The summed E-state index contributed by atoms with van der Waals surface area (Å²) in [4.78, 5) is 4.18. The second-order valence-corrected chi connectivity index (χ2v) is 4.71. The van der Waals surface area contributed by atoms with Crippen molar-refractivity contribution in [3.63, 3.8) is 0 Å². The Hall–Kier alpha value is -1.62. The molecule has 0 aliphatic carbocycles. The van der Waals surface area contributed by atoms with E-state index in [2.05, 4.69) is 23.9 Å². The van der Waals surface area contributed by atoms with E-state index in [1.165, 1.54) is 0 Å². The summed E-state index contributed by atoms with van der Waals surface area (Å²) in [5, 5.41) is 4.49. The summed E-state index contributed by atoms with van der Waals surface area (Å²) in [5.74, 6) is 0.370. The summed E-state index contributed by atoms with van der Waals surface area (Å²) in [7, 11) is 1.93. The van der Waals surface area contributed by atoms with Crippen LogP contribution in [-0.2, 0) is 7.05 Å². The number of hydrogen-bond donors (Lipinski definition) is 1. The molecule has 92 valence electrons. The van der Waals surface area contributed by atoms with Crippen LogP contribution in [0.15, 0.2) is 18.7 Å². The van der Waals surface area contributed by atoms with Crippen LogP contribution in [0.2, 0.25) is 0 Å². The number of nitrogens with zero attached hydrogens (tertiary/aromatic N) is 4. The first-order valence-electron chi connectivity index (χ1n) is 5.82. The number of hydrogen-bond acceptors (Lipinski definition) is 3. The van der Waals surface area contributed by atoms with Crippen molar-refractivity contribution in [2.24, 2.45) is 12.8 Å². The molecule has 2 rings (SSSR count). The van der Waals surface area contributed by atoms with Crippen molar-refractivity contribution in [2.45, 2.75) is 32.7 Å². The summed E-state index contributed by atoms with van der Waals surface area (Å²) < 4.78 is 3.85. The summed E-state index contributed by atoms with van der Waals surface area (Å²) in [6.07, 6.45) is 5.60. The van der Waals surface area contributed by atoms with Gasteiger partial charge in [-0.3, -0.25) is 9.25 Å². The van der Waals surface area contributed by atoms with E-state index in [9.17, 15) is 0 Å². The van der Waals surface area contributed by atoms with Gasteiger partial charge < -0.3 is 5.73 Å². The molecule has 1 atom stereocenters. The Morgan fingerprint density at radius 1 is 1.29 bits per heavy atom. The largest absolute Gasteiger partial charge is 0.323 e. The van der Waals surface area contributed by atoms with Gasteiger partial charge in [-0.05, 0) is 12.8 Å². The molecular weight excluding hydrogens is 214 g/mol. The highest BCUT2D eigenvalue weighted by Gasteiger charge is 2.16. The highest BCUT2D eigenvalue weighted by Crippen LogP contribution is 2.23. The van der Waals surface area contributed by atoms with Gasteiger partial charge in [0.05, 0.1) is 29.6 Å². The summed E-state index contributed by atoms with van der Waals surface area (Å²) in [5.41, 5.74) is 9.07. The van der Waals surface area contributed by atoms with Crippen LogP contribution in [0.5, 0.6) is 0 Å². The van der Waals surface area contributed by atoms with E-state index in [-0.39, 0.29) is 6.04 Å². The fraction of sp³-hybridized carbons (Fsp3) is 0.500. The quantitative estimate of drug-likeness (QED) is 0.878. The Morgan fingerprint density at radius 2 is 2.00 bits per heavy atom. The second kappa shape index (κ2) is 4.33. The van der Waals surface area contributed by atoms with Gasteiger partial charge in [0.15, 0.2) is 0 Å². The molecule has 0 bridgehead atoms. The molecule has 0 aliphatic heterocycles. The molecule has 0 spiro atoms. The monoisotopic (exact) mass is 233 g/mol. The van der Waals surface area contributed by atoms with E-state index in [0.29, 0.717) is 5.92 Å². The Labute approximate surface area is 101 Å². The standard InChI is InChI=1S/C12H19N5/c1-8(2)12-11(6-16(4)15-12)17-7-14-5-10(17)9(3)13/h5-9H,13H2,1-4H3/t9-/m0/s1. The molecule has 5 heteroatoms. The van der Waals surface area contributed by atoms with Crippen molar-refractivity contribution in [1.29, 1.82) is 0 Å². The number of nitrogens with two attached hydrogens (primary N) is 1. The van der Waals surface area contributed by atoms with Gasteiger partial charge in [-0.1, -0.05) is 13.8 Å². The van der Waals surface area contributed by atoms with Crippen molar-refractivity contribution >= 4 is 0 Å². The zero-order chi connectivity index (χ0) is 12.6. The number of imidazole rings is 1. The number of aromatic nitrogens is 4. The maximum atomic E-state index is 5.94. The fourth-order valence-corrected chi connectivity index (χ4v) is 1.93. The zero-order valence-electron chi connectivity index (χ0n) is 10.8. The minimum atomic E-state index is -0.0438. The Bertz CT molecular complexity index is 507. The van der Waals surface area contributed by atoms with Crippen molar-refractivity contribution in [3.05, 3.63) is 30.1 Å². The number of aryl methyl sites for hydroxylation is 1. The van der Waals surface area contributed by atoms with Gasteiger partial charge in [0.2, 0.25) is 0 Å². The molecule has 0 saturated heterocycles. The van der Waals surface area contributed by atoms with Crippen LogP contribution >= 0.6 is 0 Å². The first-order valence-corrected chi connectivity index (χ1v) is 5.82. The third-order valence-corrected chi connectivity index (χ3v) is 2.78. The lowest BCUT2D eigenvalue weighted by Gasteiger charge is -2.11. The molecule has 17 heavy (non-hydrogen) atoms. The molecule has 0 unspecified atom stereocenters. The molecule has 0 radical (unpaired) electrons. The van der Waals surface area contributed by atoms with Crippen LogP contribution in [0.25, 0.3) is 5.69 Å². The summed E-state index contributed by atoms with van der Waals surface area (Å²) >= 11 is 0. The maximum Gasteiger partial charge on any atom is 0.0995 e. The topological polar surface area (TPSA) is 61.7 Å². The van der Waals surface area contributed by atoms with Gasteiger partial charge >= 0.3 is 0 Å². The van der Waals surface area contributed by atoms with E-state index in [0.717, 1.165) is 17.1 Å². The smallest absolute Gasteiger partial charge is 0.0995 e. The normalized spacial score (nSPS) is 13.3. The highest BCUT2D eigenvalue weighted by atomic mass is 15.3. The predicted molar refractivity (Wildman–Crippen MR) is 67.0 cm³/mol. The molecular formula is C12H19N5. The average Bonchev–Trinajstić information content (AvgIpc) is 2.82. The van der Waals surface area contributed by atoms with Gasteiger partial charge in [-0.15, -0.1) is 0 Å². The summed E-state index contributed by atoms with van der Waals surface area (Å²) in [6.45, 7) is 6.22. The molecule has 0 amide bonds. The van der Waals surface area contributed by atoms with Gasteiger partial charge in [0.1, 0.15) is 0 Å². The molecule has 2 N–H and O–H groups in total. The Balaban J connectivity index is 2.56. The lowest BCUT2D eigenvalue weighted by Crippen LogP contribution is -2.11. The van der Waals surface area contributed by atoms with Crippen LogP contribution in [-0.4, -0.2) is 19.3 Å². The first kappa shape index (κ1) is 11.9. The van der Waals surface area contributed by atoms with E-state index in [1.54, 1.807) is 6.33 Å². The van der Waals surface area contributed by atoms with Crippen molar-refractivity contribution in [2.75, 3.05) is 0 Å². The second-order valence-electron chi connectivity index (χ2n) is 4.71. The van der Waals surface area contributed by atoms with Crippen molar-refractivity contribution in [1.82, 2.24) is 19.3 Å². The van der Waals surface area contributed by atoms with Crippen molar-refractivity contribution in [3.8, 4) is 5.69 Å². The van der Waals surface area contributed by atoms with Gasteiger partial charge in [-0.25, -0.2) is 4.98 Å². The zero-order valence-corrected chi connectivity index (χ0v) is 10.8. The average molecular weight is 233 g/mol. The molecule has 0 fully saturated rings. The molecule has 5 nitrogen and oxygen atoms in total. The van der Waals surface area contributed by atoms with Gasteiger partial charge in [0.25, 0.3) is 0 Å². The molecule has 2 heterocycles. The van der Waals surface area contributed by atoms with Crippen LogP contribution in [0.3, 0.4) is 0 Å². The van der Waals surface area contributed by atoms with Crippen LogP contribution in [0.1, 0.15) is 44.1 Å². The molecule has 2 aromatic heterocycles. The van der Waals surface area contributed by atoms with Crippen molar-refractivity contribution < 1.29 is 0 Å². The van der Waals surface area contributed by atoms with E-state index in [4.69, 9.17) is 5.73 Å². The first-order chi connectivity index (χ1) is 8.00. The molecule has 0 aliphatic rings. The van der Waals surface area contributed by atoms with E-state index >= 15 is 0 Å². The van der Waals surface area contributed by atoms with E-state index < -0.39 is 0 Å². The Kier molecular flexibility index (Phi) is 3.02. The number of rotatable bonds is 3. The fourth-order valence-electron chi connectivity index (χ4n) is 1.93. The highest BCUT2D eigenvalue weighted by molar-refractivity contribution is 5.38. The molecule has 0 aromatic carbocycles. The predicted octanol–water partition coefficient (Wildman–Crippen LogP) is 1.75.